The lowest BCUT2D eigenvalue weighted by molar-refractivity contribution is 0.360. The summed E-state index contributed by atoms with van der Waals surface area (Å²) in [6.07, 6.45) is 7.09. The summed E-state index contributed by atoms with van der Waals surface area (Å²) in [5.74, 6) is 1.94. The first kappa shape index (κ1) is 10.4. The Morgan fingerprint density at radius 3 is 2.77 bits per heavy atom. The summed E-state index contributed by atoms with van der Waals surface area (Å²) < 4.78 is 0. The van der Waals surface area contributed by atoms with Gasteiger partial charge in [-0.05, 0) is 37.7 Å². The molecule has 0 aromatic carbocycles. The SMILES string of the molecule is CC1=CC=C(O)CCC1CC(C)C. The molecule has 0 saturated carbocycles. The average Bonchev–Trinajstić information content (AvgIpc) is 2.19. The van der Waals surface area contributed by atoms with Gasteiger partial charge in [0.25, 0.3) is 0 Å². The van der Waals surface area contributed by atoms with Crippen molar-refractivity contribution in [2.24, 2.45) is 11.8 Å². The summed E-state index contributed by atoms with van der Waals surface area (Å²) in [5.41, 5.74) is 1.41. The lowest BCUT2D eigenvalue weighted by Crippen LogP contribution is -2.05. The fourth-order valence-corrected chi connectivity index (χ4v) is 1.87. The number of rotatable bonds is 2. The minimum absolute atomic E-state index is 0.533. The van der Waals surface area contributed by atoms with Gasteiger partial charge >= 0.3 is 0 Å². The van der Waals surface area contributed by atoms with E-state index in [4.69, 9.17) is 0 Å². The summed E-state index contributed by atoms with van der Waals surface area (Å²) in [5, 5.41) is 9.38. The third-order valence-corrected chi connectivity index (χ3v) is 2.69. The van der Waals surface area contributed by atoms with Crippen LogP contribution in [-0.4, -0.2) is 5.11 Å². The number of hydrogen-bond acceptors (Lipinski definition) is 1. The molecule has 0 radical (unpaired) electrons. The van der Waals surface area contributed by atoms with E-state index in [1.165, 1.54) is 12.0 Å². The molecule has 1 unspecified atom stereocenters. The van der Waals surface area contributed by atoms with Crippen LogP contribution in [0.15, 0.2) is 23.5 Å². The molecule has 74 valence electrons. The minimum atomic E-state index is 0.533. The maximum Gasteiger partial charge on any atom is 0.0922 e. The molecule has 0 aromatic heterocycles. The Labute approximate surface area is 81.2 Å². The second kappa shape index (κ2) is 4.50. The highest BCUT2D eigenvalue weighted by molar-refractivity contribution is 5.18. The normalized spacial score (nSPS) is 23.8. The molecule has 1 N–H and O–H groups in total. The van der Waals surface area contributed by atoms with Gasteiger partial charge in [-0.2, -0.15) is 0 Å². The molecule has 1 nitrogen and oxygen atoms in total. The van der Waals surface area contributed by atoms with Gasteiger partial charge in [-0.3, -0.25) is 0 Å². The first-order valence-corrected chi connectivity index (χ1v) is 5.16. The molecule has 0 aromatic rings. The van der Waals surface area contributed by atoms with E-state index in [1.807, 2.05) is 6.08 Å². The lowest BCUT2D eigenvalue weighted by atomic mass is 9.88. The first-order valence-electron chi connectivity index (χ1n) is 5.16. The molecule has 0 bridgehead atoms. The van der Waals surface area contributed by atoms with E-state index in [1.54, 1.807) is 0 Å². The van der Waals surface area contributed by atoms with Gasteiger partial charge in [0, 0.05) is 6.42 Å². The van der Waals surface area contributed by atoms with Crippen LogP contribution in [-0.2, 0) is 0 Å². The van der Waals surface area contributed by atoms with Crippen molar-refractivity contribution in [3.05, 3.63) is 23.5 Å². The van der Waals surface area contributed by atoms with Crippen LogP contribution in [0.25, 0.3) is 0 Å². The molecule has 1 heteroatoms. The molecule has 0 saturated heterocycles. The van der Waals surface area contributed by atoms with Crippen molar-refractivity contribution in [3.8, 4) is 0 Å². The molecule has 13 heavy (non-hydrogen) atoms. The van der Waals surface area contributed by atoms with Crippen LogP contribution >= 0.6 is 0 Å². The Balaban J connectivity index is 2.60. The van der Waals surface area contributed by atoms with Crippen LogP contribution in [0.1, 0.15) is 40.0 Å². The molecule has 0 heterocycles. The molecular weight excluding hydrogens is 160 g/mol. The smallest absolute Gasteiger partial charge is 0.0922 e. The second-order valence-electron chi connectivity index (χ2n) is 4.43. The van der Waals surface area contributed by atoms with Crippen molar-refractivity contribution in [3.63, 3.8) is 0 Å². The Hall–Kier alpha value is -0.720. The van der Waals surface area contributed by atoms with Gasteiger partial charge in [0.05, 0.1) is 5.76 Å². The number of hydrogen-bond donors (Lipinski definition) is 1. The third-order valence-electron chi connectivity index (χ3n) is 2.69. The van der Waals surface area contributed by atoms with E-state index in [-0.39, 0.29) is 0 Å². The zero-order valence-electron chi connectivity index (χ0n) is 8.88. The van der Waals surface area contributed by atoms with E-state index in [0.717, 1.165) is 18.8 Å². The highest BCUT2D eigenvalue weighted by atomic mass is 16.3. The molecule has 1 atom stereocenters. The van der Waals surface area contributed by atoms with E-state index < -0.39 is 0 Å². The lowest BCUT2D eigenvalue weighted by Gasteiger charge is -2.18. The standard InChI is InChI=1S/C12H20O/c1-9(2)8-11-5-7-12(13)6-4-10(11)3/h4,6,9,11,13H,5,7-8H2,1-3H3. The van der Waals surface area contributed by atoms with Gasteiger partial charge in [0.2, 0.25) is 0 Å². The summed E-state index contributed by atoms with van der Waals surface area (Å²) in [7, 11) is 0. The summed E-state index contributed by atoms with van der Waals surface area (Å²) in [6.45, 7) is 6.68. The van der Waals surface area contributed by atoms with Gasteiger partial charge in [0.1, 0.15) is 0 Å². The predicted molar refractivity (Wildman–Crippen MR) is 56.6 cm³/mol. The molecule has 1 aliphatic carbocycles. The van der Waals surface area contributed by atoms with Crippen molar-refractivity contribution >= 4 is 0 Å². The largest absolute Gasteiger partial charge is 0.512 e. The van der Waals surface area contributed by atoms with E-state index in [0.29, 0.717) is 11.7 Å². The van der Waals surface area contributed by atoms with Crippen molar-refractivity contribution in [2.75, 3.05) is 0 Å². The minimum Gasteiger partial charge on any atom is -0.512 e. The van der Waals surface area contributed by atoms with Crippen molar-refractivity contribution in [1.82, 2.24) is 0 Å². The maximum atomic E-state index is 9.38. The second-order valence-corrected chi connectivity index (χ2v) is 4.43. The molecular formula is C12H20O. The van der Waals surface area contributed by atoms with Crippen LogP contribution in [0.4, 0.5) is 0 Å². The zero-order valence-corrected chi connectivity index (χ0v) is 8.88. The molecule has 1 rings (SSSR count). The quantitative estimate of drug-likeness (QED) is 0.684. The van der Waals surface area contributed by atoms with Crippen LogP contribution < -0.4 is 0 Å². The third kappa shape index (κ3) is 3.25. The summed E-state index contributed by atoms with van der Waals surface area (Å²) in [4.78, 5) is 0. The van der Waals surface area contributed by atoms with Crippen LogP contribution in [0, 0.1) is 11.8 Å². The topological polar surface area (TPSA) is 20.2 Å². The average molecular weight is 180 g/mol. The van der Waals surface area contributed by atoms with Crippen LogP contribution in [0.5, 0.6) is 0 Å². The number of aliphatic hydroxyl groups excluding tert-OH is 1. The highest BCUT2D eigenvalue weighted by Gasteiger charge is 2.15. The van der Waals surface area contributed by atoms with Gasteiger partial charge in [-0.1, -0.05) is 25.5 Å². The van der Waals surface area contributed by atoms with Gasteiger partial charge in [0.15, 0.2) is 0 Å². The monoisotopic (exact) mass is 180 g/mol. The predicted octanol–water partition coefficient (Wildman–Crippen LogP) is 3.83. The maximum absolute atomic E-state index is 9.38. The van der Waals surface area contributed by atoms with Gasteiger partial charge < -0.3 is 5.11 Å². The van der Waals surface area contributed by atoms with Crippen molar-refractivity contribution in [2.45, 2.75) is 40.0 Å². The molecule has 0 spiro atoms. The number of allylic oxidation sites excluding steroid dienone is 4. The zero-order chi connectivity index (χ0) is 9.84. The van der Waals surface area contributed by atoms with Gasteiger partial charge in [-0.15, -0.1) is 0 Å². The molecule has 0 fully saturated rings. The van der Waals surface area contributed by atoms with Gasteiger partial charge in [-0.25, -0.2) is 0 Å². The van der Waals surface area contributed by atoms with Crippen molar-refractivity contribution in [1.29, 1.82) is 0 Å². The Morgan fingerprint density at radius 1 is 1.46 bits per heavy atom. The van der Waals surface area contributed by atoms with Crippen molar-refractivity contribution < 1.29 is 5.11 Å². The first-order chi connectivity index (χ1) is 6.09. The molecule has 0 amide bonds. The summed E-state index contributed by atoms with van der Waals surface area (Å²) in [6, 6.07) is 0. The Morgan fingerprint density at radius 2 is 2.15 bits per heavy atom. The van der Waals surface area contributed by atoms with E-state index >= 15 is 0 Å². The van der Waals surface area contributed by atoms with Crippen LogP contribution in [0.3, 0.4) is 0 Å². The number of aliphatic hydroxyl groups is 1. The highest BCUT2D eigenvalue weighted by Crippen LogP contribution is 2.28. The summed E-state index contributed by atoms with van der Waals surface area (Å²) >= 11 is 0. The van der Waals surface area contributed by atoms with Crippen LogP contribution in [0.2, 0.25) is 0 Å². The molecule has 1 aliphatic rings. The van der Waals surface area contributed by atoms with E-state index in [2.05, 4.69) is 26.8 Å². The Bertz CT molecular complexity index is 223. The Kier molecular flexibility index (Phi) is 3.58. The molecule has 0 aliphatic heterocycles. The fourth-order valence-electron chi connectivity index (χ4n) is 1.87. The van der Waals surface area contributed by atoms with E-state index in [9.17, 15) is 5.11 Å². The fraction of sp³-hybridized carbons (Fsp3) is 0.667.